The van der Waals surface area contributed by atoms with Gasteiger partial charge in [0.25, 0.3) is 0 Å². The number of hydrogen-bond donors (Lipinski definition) is 2. The van der Waals surface area contributed by atoms with Crippen molar-refractivity contribution < 1.29 is 4.79 Å². The number of halogens is 1. The lowest BCUT2D eigenvalue weighted by Crippen LogP contribution is -2.43. The molecule has 0 saturated carbocycles. The number of rotatable bonds is 2. The van der Waals surface area contributed by atoms with Gasteiger partial charge in [0.1, 0.15) is 0 Å². The van der Waals surface area contributed by atoms with Crippen molar-refractivity contribution >= 4 is 34.2 Å². The summed E-state index contributed by atoms with van der Waals surface area (Å²) >= 11 is 6.28. The first-order chi connectivity index (χ1) is 15.0. The molecule has 2 N–H and O–H groups in total. The van der Waals surface area contributed by atoms with Crippen LogP contribution in [-0.2, 0) is 6.42 Å². The van der Waals surface area contributed by atoms with E-state index in [0.717, 1.165) is 44.9 Å². The predicted octanol–water partition coefficient (Wildman–Crippen LogP) is 6.62. The van der Waals surface area contributed by atoms with Gasteiger partial charge in [0.05, 0.1) is 6.04 Å². The maximum Gasteiger partial charge on any atom is 0.322 e. The van der Waals surface area contributed by atoms with Gasteiger partial charge < -0.3 is 15.2 Å². The van der Waals surface area contributed by atoms with Crippen LogP contribution in [0, 0.1) is 13.8 Å². The summed E-state index contributed by atoms with van der Waals surface area (Å²) in [4.78, 5) is 18.9. The molecule has 0 radical (unpaired) electrons. The van der Waals surface area contributed by atoms with Crippen LogP contribution in [0.3, 0.4) is 0 Å². The number of para-hydroxylation sites is 1. The molecule has 4 nitrogen and oxygen atoms in total. The molecule has 1 aromatic heterocycles. The molecule has 5 heteroatoms. The van der Waals surface area contributed by atoms with Gasteiger partial charge in [-0.2, -0.15) is 0 Å². The summed E-state index contributed by atoms with van der Waals surface area (Å²) < 4.78 is 0. The fourth-order valence-corrected chi connectivity index (χ4v) is 4.65. The first-order valence-corrected chi connectivity index (χ1v) is 10.9. The molecule has 1 aliphatic heterocycles. The Kier molecular flexibility index (Phi) is 4.95. The van der Waals surface area contributed by atoms with Crippen molar-refractivity contribution in [1.82, 2.24) is 9.88 Å². The Morgan fingerprint density at radius 2 is 1.84 bits per heavy atom. The second-order valence-electron chi connectivity index (χ2n) is 8.21. The molecule has 0 bridgehead atoms. The SMILES string of the molecule is Cc1ccc(C2c3[nH]c4ccc(Cl)cc4c3CCN2C(=O)Nc2ccccc2C)cc1. The summed E-state index contributed by atoms with van der Waals surface area (Å²) in [5.74, 6) is 0. The summed E-state index contributed by atoms with van der Waals surface area (Å²) in [6.07, 6.45) is 0.777. The lowest BCUT2D eigenvalue weighted by Gasteiger charge is -2.36. The van der Waals surface area contributed by atoms with Gasteiger partial charge in [0.15, 0.2) is 0 Å². The molecule has 3 aromatic carbocycles. The summed E-state index contributed by atoms with van der Waals surface area (Å²) in [7, 11) is 0. The predicted molar refractivity (Wildman–Crippen MR) is 127 cm³/mol. The van der Waals surface area contributed by atoms with Gasteiger partial charge in [-0.15, -0.1) is 0 Å². The van der Waals surface area contributed by atoms with Crippen molar-refractivity contribution in [1.29, 1.82) is 0 Å². The Bertz CT molecular complexity index is 1280. The van der Waals surface area contributed by atoms with E-state index in [2.05, 4.69) is 41.5 Å². The van der Waals surface area contributed by atoms with Crippen molar-refractivity contribution in [3.8, 4) is 0 Å². The zero-order valence-corrected chi connectivity index (χ0v) is 18.3. The van der Waals surface area contributed by atoms with E-state index >= 15 is 0 Å². The number of benzene rings is 3. The van der Waals surface area contributed by atoms with Crippen LogP contribution < -0.4 is 5.32 Å². The van der Waals surface area contributed by atoms with Gasteiger partial charge in [-0.1, -0.05) is 59.6 Å². The zero-order valence-electron chi connectivity index (χ0n) is 17.6. The van der Waals surface area contributed by atoms with E-state index in [-0.39, 0.29) is 12.1 Å². The molecule has 2 amide bonds. The minimum Gasteiger partial charge on any atom is -0.356 e. The van der Waals surface area contributed by atoms with Crippen LogP contribution in [-0.4, -0.2) is 22.5 Å². The highest BCUT2D eigenvalue weighted by Crippen LogP contribution is 2.39. The smallest absolute Gasteiger partial charge is 0.322 e. The highest BCUT2D eigenvalue weighted by Gasteiger charge is 2.34. The highest BCUT2D eigenvalue weighted by atomic mass is 35.5. The number of H-pyrrole nitrogens is 1. The minimum atomic E-state index is -0.195. The van der Waals surface area contributed by atoms with Crippen molar-refractivity contribution in [2.75, 3.05) is 11.9 Å². The Morgan fingerprint density at radius 1 is 1.06 bits per heavy atom. The van der Waals surface area contributed by atoms with E-state index in [1.165, 1.54) is 11.1 Å². The summed E-state index contributed by atoms with van der Waals surface area (Å²) in [6.45, 7) is 4.70. The van der Waals surface area contributed by atoms with Gasteiger partial charge in [0.2, 0.25) is 0 Å². The highest BCUT2D eigenvalue weighted by molar-refractivity contribution is 6.31. The molecule has 2 heterocycles. The minimum absolute atomic E-state index is 0.0952. The van der Waals surface area contributed by atoms with Crippen LogP contribution in [0.2, 0.25) is 5.02 Å². The van der Waals surface area contributed by atoms with Gasteiger partial charge in [-0.3, -0.25) is 0 Å². The maximum atomic E-state index is 13.4. The molecule has 0 fully saturated rings. The van der Waals surface area contributed by atoms with Crippen molar-refractivity contribution in [2.24, 2.45) is 0 Å². The van der Waals surface area contributed by atoms with E-state index < -0.39 is 0 Å². The largest absolute Gasteiger partial charge is 0.356 e. The molecule has 5 rings (SSSR count). The van der Waals surface area contributed by atoms with Gasteiger partial charge in [-0.05, 0) is 61.2 Å². The summed E-state index contributed by atoms with van der Waals surface area (Å²) in [6, 6.07) is 21.9. The average molecular weight is 430 g/mol. The average Bonchev–Trinajstić information content (AvgIpc) is 3.13. The number of aryl methyl sites for hydroxylation is 2. The fourth-order valence-electron chi connectivity index (χ4n) is 4.47. The van der Waals surface area contributed by atoms with E-state index in [9.17, 15) is 4.79 Å². The number of aromatic amines is 1. The standard InChI is InChI=1S/C26H24ClN3O/c1-16-7-9-18(10-8-16)25-24-20(21-15-19(27)11-12-23(21)28-24)13-14-30(25)26(31)29-22-6-4-3-5-17(22)2/h3-12,15,25,28H,13-14H2,1-2H3,(H,29,31). The summed E-state index contributed by atoms with van der Waals surface area (Å²) in [5, 5.41) is 4.98. The van der Waals surface area contributed by atoms with Crippen LogP contribution in [0.25, 0.3) is 10.9 Å². The molecule has 0 spiro atoms. The monoisotopic (exact) mass is 429 g/mol. The Balaban J connectivity index is 1.60. The fraction of sp³-hybridized carbons (Fsp3) is 0.192. The first-order valence-electron chi connectivity index (χ1n) is 10.5. The molecule has 156 valence electrons. The molecule has 1 unspecified atom stereocenters. The quantitative estimate of drug-likeness (QED) is 0.369. The number of amides is 2. The number of carbonyl (C=O) groups excluding carboxylic acids is 1. The van der Waals surface area contributed by atoms with Crippen LogP contribution in [0.15, 0.2) is 66.7 Å². The lowest BCUT2D eigenvalue weighted by atomic mass is 9.92. The Labute approximate surface area is 186 Å². The van der Waals surface area contributed by atoms with Crippen LogP contribution >= 0.6 is 11.6 Å². The van der Waals surface area contributed by atoms with E-state index in [1.54, 1.807) is 0 Å². The normalized spacial score (nSPS) is 15.7. The third kappa shape index (κ3) is 3.57. The van der Waals surface area contributed by atoms with E-state index in [4.69, 9.17) is 11.6 Å². The Hall–Kier alpha value is -3.24. The molecule has 4 aromatic rings. The van der Waals surface area contributed by atoms with E-state index in [1.807, 2.05) is 54.3 Å². The van der Waals surface area contributed by atoms with E-state index in [0.29, 0.717) is 6.54 Å². The number of urea groups is 1. The van der Waals surface area contributed by atoms with Crippen LogP contribution in [0.1, 0.15) is 34.0 Å². The molecule has 0 saturated heterocycles. The number of fused-ring (bicyclic) bond motifs is 3. The molecule has 1 atom stereocenters. The number of carbonyl (C=O) groups is 1. The number of nitrogens with zero attached hydrogens (tertiary/aromatic N) is 1. The number of aromatic nitrogens is 1. The van der Waals surface area contributed by atoms with Crippen LogP contribution in [0.5, 0.6) is 0 Å². The maximum absolute atomic E-state index is 13.4. The molecular weight excluding hydrogens is 406 g/mol. The van der Waals surface area contributed by atoms with Gasteiger partial charge in [-0.25, -0.2) is 4.79 Å². The third-order valence-electron chi connectivity index (χ3n) is 6.13. The number of hydrogen-bond acceptors (Lipinski definition) is 1. The number of anilines is 1. The van der Waals surface area contributed by atoms with Crippen molar-refractivity contribution in [3.63, 3.8) is 0 Å². The van der Waals surface area contributed by atoms with Crippen molar-refractivity contribution in [2.45, 2.75) is 26.3 Å². The second kappa shape index (κ2) is 7.78. The first kappa shape index (κ1) is 19.7. The molecule has 31 heavy (non-hydrogen) atoms. The topological polar surface area (TPSA) is 48.1 Å². The van der Waals surface area contributed by atoms with Crippen molar-refractivity contribution in [3.05, 3.63) is 99.7 Å². The summed E-state index contributed by atoms with van der Waals surface area (Å²) in [5.41, 5.74) is 7.51. The van der Waals surface area contributed by atoms with Gasteiger partial charge in [0, 0.05) is 33.9 Å². The van der Waals surface area contributed by atoms with Crippen LogP contribution in [0.4, 0.5) is 10.5 Å². The molecular formula is C26H24ClN3O. The molecule has 1 aliphatic rings. The zero-order chi connectivity index (χ0) is 21.5. The second-order valence-corrected chi connectivity index (χ2v) is 8.65. The number of nitrogens with one attached hydrogen (secondary N) is 2. The van der Waals surface area contributed by atoms with Gasteiger partial charge >= 0.3 is 6.03 Å². The lowest BCUT2D eigenvalue weighted by molar-refractivity contribution is 0.193. The third-order valence-corrected chi connectivity index (χ3v) is 6.36. The Morgan fingerprint density at radius 3 is 2.61 bits per heavy atom. The molecule has 0 aliphatic carbocycles.